The molecule has 25 heavy (non-hydrogen) atoms. The molecule has 3 heterocycles. The lowest BCUT2D eigenvalue weighted by atomic mass is 10.1. The number of aromatic nitrogens is 5. The maximum absolute atomic E-state index is 9.06. The topological polar surface area (TPSA) is 98.2 Å². The largest absolute Gasteiger partial charge is 0.376 e. The summed E-state index contributed by atoms with van der Waals surface area (Å²) in [5.74, 6) is 0. The number of aliphatic hydroxyl groups excluding tert-OH is 1. The number of hydrogen-bond acceptors (Lipinski definition) is 6. The Bertz CT molecular complexity index is 830. The predicted octanol–water partition coefficient (Wildman–Crippen LogP) is 0.627. The van der Waals surface area contributed by atoms with Gasteiger partial charge >= 0.3 is 0 Å². The van der Waals surface area contributed by atoms with Crippen molar-refractivity contribution in [3.63, 3.8) is 0 Å². The number of hydrogen-bond donors (Lipinski definition) is 2. The van der Waals surface area contributed by atoms with Gasteiger partial charge in [0.2, 0.25) is 0 Å². The Hall–Kier alpha value is -2.55. The molecule has 0 radical (unpaired) electrons. The molecule has 0 saturated heterocycles. The molecule has 0 aliphatic carbocycles. The van der Waals surface area contributed by atoms with Gasteiger partial charge in [0.05, 0.1) is 38.2 Å². The molecule has 0 bridgehead atoms. The lowest BCUT2D eigenvalue weighted by Crippen LogP contribution is -2.08. The summed E-state index contributed by atoms with van der Waals surface area (Å²) in [5.41, 5.74) is 4.67. The molecule has 130 valence electrons. The minimum atomic E-state index is -1.60. The Kier molecular flexibility index (Phi) is 4.31. The third kappa shape index (κ3) is 3.60. The van der Waals surface area contributed by atoms with E-state index in [0.29, 0.717) is 13.2 Å². The number of rotatable bonds is 5. The molecule has 8 nitrogen and oxygen atoms in total. The van der Waals surface area contributed by atoms with E-state index in [9.17, 15) is 0 Å². The van der Waals surface area contributed by atoms with Crippen LogP contribution in [0.2, 0.25) is 0 Å². The molecule has 0 amide bonds. The van der Waals surface area contributed by atoms with E-state index in [1.54, 1.807) is 4.68 Å². The summed E-state index contributed by atoms with van der Waals surface area (Å²) in [6, 6.07) is 8.17. The second-order valence-corrected chi connectivity index (χ2v) is 6.13. The zero-order valence-electron chi connectivity index (χ0n) is 13.6. The fourth-order valence-corrected chi connectivity index (χ4v) is 2.90. The lowest BCUT2D eigenvalue weighted by molar-refractivity contribution is -0.0459. The van der Waals surface area contributed by atoms with E-state index in [4.69, 9.17) is 14.9 Å². The maximum Gasteiger partial charge on any atom is 0.199 e. The van der Waals surface area contributed by atoms with E-state index in [0.717, 1.165) is 36.4 Å². The number of nitrogens with zero attached hydrogens (tertiary/aromatic N) is 5. The number of benzene rings is 1. The van der Waals surface area contributed by atoms with Gasteiger partial charge in [-0.2, -0.15) is 5.10 Å². The van der Waals surface area contributed by atoms with Crippen LogP contribution in [-0.4, -0.2) is 41.6 Å². The predicted molar refractivity (Wildman–Crippen MR) is 87.4 cm³/mol. The Labute approximate surface area is 144 Å². The van der Waals surface area contributed by atoms with Gasteiger partial charge in [0.1, 0.15) is 5.69 Å². The average Bonchev–Trinajstić information content (AvgIpc) is 3.23. The minimum absolute atomic E-state index is 0.142. The van der Waals surface area contributed by atoms with Crippen LogP contribution in [0.4, 0.5) is 0 Å². The highest BCUT2D eigenvalue weighted by atomic mass is 16.5. The van der Waals surface area contributed by atoms with Crippen LogP contribution in [0.15, 0.2) is 36.7 Å². The van der Waals surface area contributed by atoms with Gasteiger partial charge in [-0.25, -0.2) is 4.68 Å². The van der Waals surface area contributed by atoms with Gasteiger partial charge in [0.15, 0.2) is 6.29 Å². The summed E-state index contributed by atoms with van der Waals surface area (Å²) in [6.07, 6.45) is 2.86. The van der Waals surface area contributed by atoms with E-state index in [1.807, 2.05) is 16.8 Å². The van der Waals surface area contributed by atoms with Gasteiger partial charge in [-0.1, -0.05) is 29.5 Å². The first-order chi connectivity index (χ1) is 12.2. The maximum atomic E-state index is 9.06. The van der Waals surface area contributed by atoms with E-state index in [-0.39, 0.29) is 5.69 Å². The van der Waals surface area contributed by atoms with Gasteiger partial charge in [-0.05, 0) is 11.1 Å². The van der Waals surface area contributed by atoms with Crippen molar-refractivity contribution in [2.24, 2.45) is 0 Å². The minimum Gasteiger partial charge on any atom is -0.376 e. The first-order valence-corrected chi connectivity index (χ1v) is 8.14. The second-order valence-electron chi connectivity index (χ2n) is 6.13. The van der Waals surface area contributed by atoms with E-state index in [2.05, 4.69) is 33.7 Å². The summed E-state index contributed by atoms with van der Waals surface area (Å²) in [7, 11) is 0. The van der Waals surface area contributed by atoms with Crippen molar-refractivity contribution in [3.8, 4) is 0 Å². The summed E-state index contributed by atoms with van der Waals surface area (Å²) in [6.45, 7) is 2.64. The van der Waals surface area contributed by atoms with Gasteiger partial charge in [-0.3, -0.25) is 4.68 Å². The summed E-state index contributed by atoms with van der Waals surface area (Å²) in [5, 5.41) is 30.3. The quantitative estimate of drug-likeness (QED) is 0.661. The first-order valence-electron chi connectivity index (χ1n) is 8.14. The van der Waals surface area contributed by atoms with Gasteiger partial charge < -0.3 is 14.9 Å². The molecule has 2 aromatic heterocycles. The van der Waals surface area contributed by atoms with E-state index in [1.165, 1.54) is 11.8 Å². The van der Waals surface area contributed by atoms with Crippen molar-refractivity contribution in [3.05, 3.63) is 64.7 Å². The molecule has 4 rings (SSSR count). The number of fused-ring (bicyclic) bond motifs is 1. The third-order valence-electron chi connectivity index (χ3n) is 4.20. The van der Waals surface area contributed by atoms with Crippen molar-refractivity contribution >= 4 is 0 Å². The summed E-state index contributed by atoms with van der Waals surface area (Å²) in [4.78, 5) is 0. The van der Waals surface area contributed by atoms with Crippen molar-refractivity contribution in [1.29, 1.82) is 0 Å². The highest BCUT2D eigenvalue weighted by molar-refractivity contribution is 5.24. The number of ether oxygens (including phenoxy) is 1. The summed E-state index contributed by atoms with van der Waals surface area (Å²) >= 11 is 0. The molecule has 1 aromatic carbocycles. The van der Waals surface area contributed by atoms with Crippen LogP contribution in [0.3, 0.4) is 0 Å². The molecule has 0 unspecified atom stereocenters. The van der Waals surface area contributed by atoms with Gasteiger partial charge in [0.25, 0.3) is 0 Å². The van der Waals surface area contributed by atoms with Crippen LogP contribution in [0.25, 0.3) is 0 Å². The van der Waals surface area contributed by atoms with Crippen LogP contribution < -0.4 is 0 Å². The van der Waals surface area contributed by atoms with Gasteiger partial charge in [-0.15, -0.1) is 5.10 Å². The van der Waals surface area contributed by atoms with Crippen LogP contribution >= 0.6 is 0 Å². The molecular formula is C17H19N5O3. The molecule has 1 aliphatic rings. The molecule has 2 N–H and O–H groups in total. The Morgan fingerprint density at radius 1 is 1.04 bits per heavy atom. The van der Waals surface area contributed by atoms with E-state index >= 15 is 0 Å². The lowest BCUT2D eigenvalue weighted by Gasteiger charge is -2.08. The molecule has 0 saturated carbocycles. The normalized spacial score (nSPS) is 14.0. The van der Waals surface area contributed by atoms with Crippen molar-refractivity contribution in [2.75, 3.05) is 6.61 Å². The number of aliphatic hydroxyl groups is 2. The highest BCUT2D eigenvalue weighted by Gasteiger charge is 2.14. The first kappa shape index (κ1) is 15.9. The van der Waals surface area contributed by atoms with Crippen LogP contribution in [-0.2, 0) is 30.9 Å². The molecule has 3 aromatic rings. The van der Waals surface area contributed by atoms with Crippen molar-refractivity contribution < 1.29 is 14.9 Å². The van der Waals surface area contributed by atoms with Crippen molar-refractivity contribution in [2.45, 2.75) is 32.4 Å². The summed E-state index contributed by atoms with van der Waals surface area (Å²) < 4.78 is 8.98. The van der Waals surface area contributed by atoms with E-state index < -0.39 is 6.29 Å². The van der Waals surface area contributed by atoms with Crippen LogP contribution in [0.5, 0.6) is 0 Å². The zero-order valence-corrected chi connectivity index (χ0v) is 13.6. The monoisotopic (exact) mass is 341 g/mol. The Morgan fingerprint density at radius 2 is 1.76 bits per heavy atom. The fourth-order valence-electron chi connectivity index (χ4n) is 2.90. The highest BCUT2D eigenvalue weighted by Crippen LogP contribution is 2.16. The average molecular weight is 341 g/mol. The Balaban J connectivity index is 1.42. The second kappa shape index (κ2) is 6.75. The van der Waals surface area contributed by atoms with Crippen molar-refractivity contribution in [1.82, 2.24) is 24.8 Å². The zero-order chi connectivity index (χ0) is 17.2. The van der Waals surface area contributed by atoms with Gasteiger partial charge in [0, 0.05) is 18.2 Å². The molecular weight excluding hydrogens is 322 g/mol. The molecule has 1 aliphatic heterocycles. The molecule has 8 heteroatoms. The standard InChI is InChI=1S/C17H19N5O3/c23-17(24)16-10-22(20-18-16)8-13-3-1-12(2-4-13)7-21-9-14-11-25-6-5-15(14)19-21/h1-4,9-10,17,23-24H,5-8,11H2. The SMILES string of the molecule is OC(O)c1cn(Cc2ccc(Cn3cc4c(n3)CCOC4)cc2)nn1. The third-order valence-corrected chi connectivity index (χ3v) is 4.20. The molecule has 0 fully saturated rings. The van der Waals surface area contributed by atoms with Crippen LogP contribution in [0, 0.1) is 0 Å². The van der Waals surface area contributed by atoms with Crippen LogP contribution in [0.1, 0.15) is 34.4 Å². The molecule has 0 spiro atoms. The fraction of sp³-hybridized carbons (Fsp3) is 0.353. The smallest absolute Gasteiger partial charge is 0.199 e. The Morgan fingerprint density at radius 3 is 2.40 bits per heavy atom. The molecule has 0 atom stereocenters.